The number of piperidine rings is 1. The van der Waals surface area contributed by atoms with Gasteiger partial charge in [0.2, 0.25) is 5.89 Å². The Morgan fingerprint density at radius 3 is 2.65 bits per heavy atom. The fraction of sp³-hybridized carbons (Fsp3) is 0.875. The smallest absolute Gasteiger partial charge is 0.243 e. The molecule has 2 atom stereocenters. The largest absolute Gasteiger partial charge is 0.338 e. The van der Waals surface area contributed by atoms with Crippen molar-refractivity contribution in [2.24, 2.45) is 11.3 Å². The molecule has 20 heavy (non-hydrogen) atoms. The molecule has 1 N–H and O–H groups in total. The average Bonchev–Trinajstić information content (AvgIpc) is 2.88. The molecule has 1 aliphatic heterocycles. The van der Waals surface area contributed by atoms with Crippen LogP contribution in [0.15, 0.2) is 4.52 Å². The van der Waals surface area contributed by atoms with Crippen molar-refractivity contribution >= 4 is 0 Å². The molecule has 0 aromatic carbocycles. The predicted molar refractivity (Wildman–Crippen MR) is 78.4 cm³/mol. The van der Waals surface area contributed by atoms with Crippen molar-refractivity contribution in [2.75, 3.05) is 6.54 Å². The summed E-state index contributed by atoms with van der Waals surface area (Å²) in [5.74, 6) is 2.99. The van der Waals surface area contributed by atoms with E-state index in [1.165, 1.54) is 32.1 Å². The molecule has 3 rings (SSSR count). The lowest BCUT2D eigenvalue weighted by Gasteiger charge is -2.32. The zero-order chi connectivity index (χ0) is 14.2. The maximum absolute atomic E-state index is 5.53. The summed E-state index contributed by atoms with van der Waals surface area (Å²) in [4.78, 5) is 4.70. The minimum Gasteiger partial charge on any atom is -0.338 e. The maximum Gasteiger partial charge on any atom is 0.243 e. The highest BCUT2D eigenvalue weighted by atomic mass is 16.5. The van der Waals surface area contributed by atoms with Gasteiger partial charge in [-0.15, -0.1) is 0 Å². The molecular weight excluding hydrogens is 250 g/mol. The van der Waals surface area contributed by atoms with Crippen LogP contribution in [0.4, 0.5) is 0 Å². The standard InChI is InChI=1S/C16H27N3O/c1-11-6-9-17-13(10-11)15-18-14(19-20-15)12-4-7-16(2,3)8-5-12/h11-13,17H,4-10H2,1-3H3. The minimum absolute atomic E-state index is 0.264. The van der Waals surface area contributed by atoms with Gasteiger partial charge in [0.1, 0.15) is 0 Å². The van der Waals surface area contributed by atoms with Crippen LogP contribution in [0.5, 0.6) is 0 Å². The van der Waals surface area contributed by atoms with Gasteiger partial charge in [-0.3, -0.25) is 0 Å². The minimum atomic E-state index is 0.264. The SMILES string of the molecule is CC1CCNC(c2nc(C3CCC(C)(C)CC3)no2)C1. The Kier molecular flexibility index (Phi) is 3.85. The molecule has 2 heterocycles. The molecule has 2 fully saturated rings. The first-order valence-electron chi connectivity index (χ1n) is 8.10. The Labute approximate surface area is 121 Å². The second kappa shape index (κ2) is 5.47. The molecule has 112 valence electrons. The number of nitrogens with one attached hydrogen (secondary N) is 1. The van der Waals surface area contributed by atoms with Crippen molar-refractivity contribution in [3.63, 3.8) is 0 Å². The van der Waals surface area contributed by atoms with Crippen LogP contribution in [0, 0.1) is 11.3 Å². The van der Waals surface area contributed by atoms with Crippen molar-refractivity contribution in [3.05, 3.63) is 11.7 Å². The Hall–Kier alpha value is -0.900. The van der Waals surface area contributed by atoms with E-state index in [-0.39, 0.29) is 6.04 Å². The summed E-state index contributed by atoms with van der Waals surface area (Å²) in [7, 11) is 0. The maximum atomic E-state index is 5.53. The number of hydrogen-bond acceptors (Lipinski definition) is 4. The summed E-state index contributed by atoms with van der Waals surface area (Å²) in [6.07, 6.45) is 7.27. The average molecular weight is 277 g/mol. The van der Waals surface area contributed by atoms with Crippen LogP contribution in [-0.4, -0.2) is 16.7 Å². The van der Waals surface area contributed by atoms with Crippen molar-refractivity contribution < 1.29 is 4.52 Å². The van der Waals surface area contributed by atoms with E-state index in [1.807, 2.05) is 0 Å². The predicted octanol–water partition coefficient (Wildman–Crippen LogP) is 3.81. The molecule has 1 aliphatic carbocycles. The lowest BCUT2D eigenvalue weighted by molar-refractivity contribution is 0.218. The van der Waals surface area contributed by atoms with Crippen LogP contribution in [0.1, 0.15) is 83.0 Å². The quantitative estimate of drug-likeness (QED) is 0.893. The Morgan fingerprint density at radius 2 is 1.95 bits per heavy atom. The third-order valence-corrected chi connectivity index (χ3v) is 5.13. The number of aromatic nitrogens is 2. The molecule has 4 nitrogen and oxygen atoms in total. The molecule has 1 aromatic heterocycles. The molecule has 0 radical (unpaired) electrons. The van der Waals surface area contributed by atoms with E-state index in [4.69, 9.17) is 9.51 Å². The molecular formula is C16H27N3O. The number of nitrogens with zero attached hydrogens (tertiary/aromatic N) is 2. The third kappa shape index (κ3) is 3.05. The Balaban J connectivity index is 1.65. The van der Waals surface area contributed by atoms with Crippen molar-refractivity contribution in [1.82, 2.24) is 15.5 Å². The van der Waals surface area contributed by atoms with Gasteiger partial charge in [-0.25, -0.2) is 0 Å². The first-order chi connectivity index (χ1) is 9.53. The van der Waals surface area contributed by atoms with E-state index in [0.29, 0.717) is 11.3 Å². The van der Waals surface area contributed by atoms with Crippen molar-refractivity contribution in [3.8, 4) is 0 Å². The highest BCUT2D eigenvalue weighted by molar-refractivity contribution is 5.02. The van der Waals surface area contributed by atoms with Crippen molar-refractivity contribution in [2.45, 2.75) is 71.3 Å². The molecule has 1 saturated carbocycles. The summed E-state index contributed by atoms with van der Waals surface area (Å²) in [6, 6.07) is 0.264. The van der Waals surface area contributed by atoms with E-state index >= 15 is 0 Å². The summed E-state index contributed by atoms with van der Waals surface area (Å²) in [5.41, 5.74) is 0.490. The van der Waals surface area contributed by atoms with Gasteiger partial charge in [0.15, 0.2) is 5.82 Å². The van der Waals surface area contributed by atoms with E-state index in [2.05, 4.69) is 31.2 Å². The fourth-order valence-corrected chi connectivity index (χ4v) is 3.51. The van der Waals surface area contributed by atoms with Gasteiger partial charge in [-0.05, 0) is 56.4 Å². The summed E-state index contributed by atoms with van der Waals surface area (Å²) in [6.45, 7) is 8.08. The highest BCUT2D eigenvalue weighted by Gasteiger charge is 2.31. The molecule has 0 amide bonds. The van der Waals surface area contributed by atoms with Gasteiger partial charge in [0.05, 0.1) is 6.04 Å². The van der Waals surface area contributed by atoms with Crippen LogP contribution in [-0.2, 0) is 0 Å². The first-order valence-corrected chi connectivity index (χ1v) is 8.10. The molecule has 1 aromatic rings. The molecule has 2 unspecified atom stereocenters. The Bertz CT molecular complexity index is 444. The number of rotatable bonds is 2. The van der Waals surface area contributed by atoms with Gasteiger partial charge in [-0.2, -0.15) is 4.98 Å². The van der Waals surface area contributed by atoms with Gasteiger partial charge in [-0.1, -0.05) is 25.9 Å². The highest BCUT2D eigenvalue weighted by Crippen LogP contribution is 2.41. The summed E-state index contributed by atoms with van der Waals surface area (Å²) < 4.78 is 5.53. The normalized spacial score (nSPS) is 31.4. The van der Waals surface area contributed by atoms with E-state index in [0.717, 1.165) is 30.6 Å². The van der Waals surface area contributed by atoms with Crippen LogP contribution in [0.3, 0.4) is 0 Å². The monoisotopic (exact) mass is 277 g/mol. The van der Waals surface area contributed by atoms with E-state index in [1.54, 1.807) is 0 Å². The molecule has 1 saturated heterocycles. The van der Waals surface area contributed by atoms with Crippen LogP contribution in [0.25, 0.3) is 0 Å². The van der Waals surface area contributed by atoms with Crippen molar-refractivity contribution in [1.29, 1.82) is 0 Å². The molecule has 2 aliphatic rings. The van der Waals surface area contributed by atoms with Crippen LogP contribution >= 0.6 is 0 Å². The van der Waals surface area contributed by atoms with Crippen LogP contribution in [0.2, 0.25) is 0 Å². The van der Waals surface area contributed by atoms with Gasteiger partial charge in [0, 0.05) is 5.92 Å². The van der Waals surface area contributed by atoms with E-state index in [9.17, 15) is 0 Å². The van der Waals surface area contributed by atoms with Gasteiger partial charge < -0.3 is 9.84 Å². The van der Waals surface area contributed by atoms with Gasteiger partial charge >= 0.3 is 0 Å². The summed E-state index contributed by atoms with van der Waals surface area (Å²) in [5, 5.41) is 7.76. The third-order valence-electron chi connectivity index (χ3n) is 5.13. The fourth-order valence-electron chi connectivity index (χ4n) is 3.51. The zero-order valence-electron chi connectivity index (χ0n) is 13.0. The first kappa shape index (κ1) is 14.1. The second-order valence-corrected chi connectivity index (χ2v) is 7.57. The second-order valence-electron chi connectivity index (χ2n) is 7.57. The summed E-state index contributed by atoms with van der Waals surface area (Å²) >= 11 is 0. The molecule has 4 heteroatoms. The topological polar surface area (TPSA) is 51.0 Å². The lowest BCUT2D eigenvalue weighted by atomic mass is 9.73. The Morgan fingerprint density at radius 1 is 1.20 bits per heavy atom. The van der Waals surface area contributed by atoms with Crippen LogP contribution < -0.4 is 5.32 Å². The molecule has 0 spiro atoms. The molecule has 0 bridgehead atoms. The van der Waals surface area contributed by atoms with Gasteiger partial charge in [0.25, 0.3) is 0 Å². The van der Waals surface area contributed by atoms with E-state index < -0.39 is 0 Å². The zero-order valence-corrected chi connectivity index (χ0v) is 13.0. The lowest BCUT2D eigenvalue weighted by Crippen LogP contribution is -2.31. The number of hydrogen-bond donors (Lipinski definition) is 1.